The van der Waals surface area contributed by atoms with Crippen LogP contribution in [0.2, 0.25) is 0 Å². The standard InChI is InChI=1S/C20H16FN3O2S/c1-24-20-16(18(23-24)12-4-3-5-15(10-12)26-2)11-17(27-20)19(25)22-14-8-6-13(21)7-9-14/h3-11H,1-2H3,(H,22,25). The molecular formula is C20H16FN3O2S. The van der Waals surface area contributed by atoms with Crippen LogP contribution in [0.15, 0.2) is 54.6 Å². The van der Waals surface area contributed by atoms with Gasteiger partial charge in [-0.15, -0.1) is 11.3 Å². The van der Waals surface area contributed by atoms with Crippen molar-refractivity contribution in [2.75, 3.05) is 12.4 Å². The molecule has 0 bridgehead atoms. The summed E-state index contributed by atoms with van der Waals surface area (Å²) < 4.78 is 20.1. The van der Waals surface area contributed by atoms with E-state index in [2.05, 4.69) is 10.4 Å². The highest BCUT2D eigenvalue weighted by molar-refractivity contribution is 7.20. The Hall–Kier alpha value is -3.19. The van der Waals surface area contributed by atoms with Gasteiger partial charge in [-0.05, 0) is 42.5 Å². The zero-order chi connectivity index (χ0) is 19.0. The molecule has 2 aromatic heterocycles. The van der Waals surface area contributed by atoms with Crippen LogP contribution in [-0.2, 0) is 7.05 Å². The third-order valence-electron chi connectivity index (χ3n) is 4.18. The lowest BCUT2D eigenvalue weighted by Crippen LogP contribution is -2.10. The van der Waals surface area contributed by atoms with E-state index in [9.17, 15) is 9.18 Å². The minimum absolute atomic E-state index is 0.237. The van der Waals surface area contributed by atoms with Crippen LogP contribution in [0.25, 0.3) is 21.5 Å². The summed E-state index contributed by atoms with van der Waals surface area (Å²) in [4.78, 5) is 14.0. The normalized spacial score (nSPS) is 10.9. The van der Waals surface area contributed by atoms with E-state index in [4.69, 9.17) is 4.74 Å². The molecule has 0 aliphatic carbocycles. The molecule has 0 unspecified atom stereocenters. The van der Waals surface area contributed by atoms with Gasteiger partial charge >= 0.3 is 0 Å². The number of rotatable bonds is 4. The molecule has 0 fully saturated rings. The van der Waals surface area contributed by atoms with Crippen molar-refractivity contribution >= 4 is 33.1 Å². The van der Waals surface area contributed by atoms with Gasteiger partial charge in [-0.25, -0.2) is 4.39 Å². The fraction of sp³-hybridized carbons (Fsp3) is 0.100. The summed E-state index contributed by atoms with van der Waals surface area (Å²) in [5, 5.41) is 8.28. The van der Waals surface area contributed by atoms with E-state index in [-0.39, 0.29) is 11.7 Å². The van der Waals surface area contributed by atoms with Crippen molar-refractivity contribution < 1.29 is 13.9 Å². The number of thiophene rings is 1. The van der Waals surface area contributed by atoms with Gasteiger partial charge < -0.3 is 10.1 Å². The summed E-state index contributed by atoms with van der Waals surface area (Å²) in [5.41, 5.74) is 2.26. The van der Waals surface area contributed by atoms with Gasteiger partial charge in [-0.3, -0.25) is 9.48 Å². The first-order valence-electron chi connectivity index (χ1n) is 8.23. The first kappa shape index (κ1) is 17.2. The molecule has 5 nitrogen and oxygen atoms in total. The Balaban J connectivity index is 1.69. The minimum atomic E-state index is -0.344. The molecule has 1 N–H and O–H groups in total. The summed E-state index contributed by atoms with van der Waals surface area (Å²) in [6, 6.07) is 15.2. The van der Waals surface area contributed by atoms with E-state index in [1.54, 1.807) is 11.8 Å². The smallest absolute Gasteiger partial charge is 0.265 e. The Kier molecular flexibility index (Phi) is 4.37. The molecule has 2 heterocycles. The minimum Gasteiger partial charge on any atom is -0.497 e. The Labute approximate surface area is 159 Å². The zero-order valence-corrected chi connectivity index (χ0v) is 15.5. The Morgan fingerprint density at radius 2 is 1.96 bits per heavy atom. The van der Waals surface area contributed by atoms with E-state index in [1.807, 2.05) is 37.4 Å². The van der Waals surface area contributed by atoms with Gasteiger partial charge in [0.15, 0.2) is 0 Å². The molecule has 2 aromatic carbocycles. The number of benzene rings is 2. The van der Waals surface area contributed by atoms with Crippen LogP contribution in [0.3, 0.4) is 0 Å². The average Bonchev–Trinajstić information content (AvgIpc) is 3.24. The van der Waals surface area contributed by atoms with E-state index in [0.717, 1.165) is 27.2 Å². The molecular weight excluding hydrogens is 365 g/mol. The van der Waals surface area contributed by atoms with Gasteiger partial charge in [0.05, 0.1) is 12.0 Å². The predicted octanol–water partition coefficient (Wildman–Crippen LogP) is 4.70. The van der Waals surface area contributed by atoms with Gasteiger partial charge in [-0.1, -0.05) is 12.1 Å². The quantitative estimate of drug-likeness (QED) is 0.557. The maximum absolute atomic E-state index is 13.0. The van der Waals surface area contributed by atoms with Gasteiger partial charge in [0.2, 0.25) is 0 Å². The number of carbonyl (C=O) groups excluding carboxylic acids is 1. The van der Waals surface area contributed by atoms with Gasteiger partial charge in [0.25, 0.3) is 5.91 Å². The third-order valence-corrected chi connectivity index (χ3v) is 5.38. The van der Waals surface area contributed by atoms with Crippen LogP contribution in [0.4, 0.5) is 10.1 Å². The fourth-order valence-corrected chi connectivity index (χ4v) is 3.83. The van der Waals surface area contributed by atoms with E-state index in [0.29, 0.717) is 10.6 Å². The molecule has 0 saturated heterocycles. The highest BCUT2D eigenvalue weighted by Gasteiger charge is 2.18. The first-order valence-corrected chi connectivity index (χ1v) is 9.04. The number of ether oxygens (including phenoxy) is 1. The molecule has 0 aliphatic rings. The molecule has 27 heavy (non-hydrogen) atoms. The van der Waals surface area contributed by atoms with Crippen LogP contribution in [0, 0.1) is 5.82 Å². The summed E-state index contributed by atoms with van der Waals surface area (Å²) in [6.45, 7) is 0. The Bertz CT molecular complexity index is 1130. The highest BCUT2D eigenvalue weighted by atomic mass is 32.1. The lowest BCUT2D eigenvalue weighted by atomic mass is 10.1. The molecule has 0 radical (unpaired) electrons. The maximum atomic E-state index is 13.0. The number of amides is 1. The Morgan fingerprint density at radius 3 is 2.70 bits per heavy atom. The van der Waals surface area contributed by atoms with Gasteiger partial charge in [0.1, 0.15) is 22.1 Å². The fourth-order valence-electron chi connectivity index (χ4n) is 2.86. The second-order valence-electron chi connectivity index (χ2n) is 5.99. The lowest BCUT2D eigenvalue weighted by Gasteiger charge is -2.03. The number of aromatic nitrogens is 2. The molecule has 0 saturated carbocycles. The highest BCUT2D eigenvalue weighted by Crippen LogP contribution is 2.35. The molecule has 0 atom stereocenters. The van der Waals surface area contributed by atoms with Crippen LogP contribution in [0.1, 0.15) is 9.67 Å². The molecule has 4 rings (SSSR count). The van der Waals surface area contributed by atoms with Crippen molar-refractivity contribution in [1.29, 1.82) is 0 Å². The van der Waals surface area contributed by atoms with Crippen molar-refractivity contribution in [1.82, 2.24) is 9.78 Å². The number of hydrogen-bond donors (Lipinski definition) is 1. The molecule has 4 aromatic rings. The number of methoxy groups -OCH3 is 1. The van der Waals surface area contributed by atoms with Crippen LogP contribution < -0.4 is 10.1 Å². The monoisotopic (exact) mass is 381 g/mol. The number of halogens is 1. The van der Waals surface area contributed by atoms with Gasteiger partial charge in [0, 0.05) is 23.7 Å². The lowest BCUT2D eigenvalue weighted by molar-refractivity contribution is 0.103. The average molecular weight is 381 g/mol. The van der Waals surface area contributed by atoms with Crippen molar-refractivity contribution in [2.45, 2.75) is 0 Å². The van der Waals surface area contributed by atoms with Crippen molar-refractivity contribution in [3.63, 3.8) is 0 Å². The summed E-state index contributed by atoms with van der Waals surface area (Å²) in [6.07, 6.45) is 0. The van der Waals surface area contributed by atoms with Crippen LogP contribution in [-0.4, -0.2) is 22.8 Å². The second-order valence-corrected chi connectivity index (χ2v) is 7.03. The number of hydrogen-bond acceptors (Lipinski definition) is 4. The van der Waals surface area contributed by atoms with Crippen LogP contribution in [0.5, 0.6) is 5.75 Å². The third kappa shape index (κ3) is 3.29. The molecule has 0 spiro atoms. The van der Waals surface area contributed by atoms with E-state index < -0.39 is 0 Å². The number of fused-ring (bicyclic) bond motifs is 1. The number of nitrogens with zero attached hydrogens (tertiary/aromatic N) is 2. The topological polar surface area (TPSA) is 56.2 Å². The van der Waals surface area contributed by atoms with E-state index >= 15 is 0 Å². The molecule has 1 amide bonds. The summed E-state index contributed by atoms with van der Waals surface area (Å²) in [5.74, 6) is 0.166. The van der Waals surface area contributed by atoms with Crippen molar-refractivity contribution in [2.24, 2.45) is 7.05 Å². The predicted molar refractivity (Wildman–Crippen MR) is 105 cm³/mol. The zero-order valence-electron chi connectivity index (χ0n) is 14.7. The van der Waals surface area contributed by atoms with Crippen molar-refractivity contribution in [3.05, 3.63) is 65.3 Å². The molecule has 136 valence electrons. The van der Waals surface area contributed by atoms with Gasteiger partial charge in [-0.2, -0.15) is 5.10 Å². The number of aryl methyl sites for hydroxylation is 1. The first-order chi connectivity index (χ1) is 13.0. The number of nitrogens with one attached hydrogen (secondary N) is 1. The second kappa shape index (κ2) is 6.85. The number of carbonyl (C=O) groups is 1. The van der Waals surface area contributed by atoms with Crippen LogP contribution >= 0.6 is 11.3 Å². The Morgan fingerprint density at radius 1 is 1.19 bits per heavy atom. The molecule has 7 heteroatoms. The van der Waals surface area contributed by atoms with Crippen molar-refractivity contribution in [3.8, 4) is 17.0 Å². The summed E-state index contributed by atoms with van der Waals surface area (Å²) in [7, 11) is 3.47. The molecule has 0 aliphatic heterocycles. The largest absolute Gasteiger partial charge is 0.497 e. The maximum Gasteiger partial charge on any atom is 0.265 e. The van der Waals surface area contributed by atoms with E-state index in [1.165, 1.54) is 35.6 Å². The summed E-state index contributed by atoms with van der Waals surface area (Å²) >= 11 is 1.36. The SMILES string of the molecule is COc1cccc(-c2nn(C)c3sc(C(=O)Nc4ccc(F)cc4)cc23)c1. The number of anilines is 1.